The Kier molecular flexibility index (Phi) is 5.08. The third kappa shape index (κ3) is 3.72. The number of fused-ring (bicyclic) bond motifs is 1. The first-order chi connectivity index (χ1) is 11.7. The van der Waals surface area contributed by atoms with E-state index in [-0.39, 0.29) is 5.82 Å². The molecule has 0 saturated carbocycles. The number of halogens is 1. The van der Waals surface area contributed by atoms with Gasteiger partial charge in [-0.3, -0.25) is 4.99 Å². The summed E-state index contributed by atoms with van der Waals surface area (Å²) in [5, 5.41) is 11.9. The molecule has 0 radical (unpaired) electrons. The summed E-state index contributed by atoms with van der Waals surface area (Å²) in [7, 11) is 3.67. The molecule has 0 unspecified atom stereocenters. The second-order valence-electron chi connectivity index (χ2n) is 6.03. The van der Waals surface area contributed by atoms with Gasteiger partial charge < -0.3 is 14.8 Å². The zero-order valence-electron chi connectivity index (χ0n) is 14.2. The SMILES string of the molecule is CN=C(NCc1nnc2n1CCCC2)N(C)Cc1cccc(F)c1. The average molecular weight is 330 g/mol. The smallest absolute Gasteiger partial charge is 0.194 e. The van der Waals surface area contributed by atoms with E-state index in [2.05, 4.69) is 25.1 Å². The summed E-state index contributed by atoms with van der Waals surface area (Å²) < 4.78 is 15.5. The lowest BCUT2D eigenvalue weighted by molar-refractivity contribution is 0.467. The number of hydrogen-bond donors (Lipinski definition) is 1. The van der Waals surface area contributed by atoms with Gasteiger partial charge in [0.2, 0.25) is 0 Å². The second-order valence-corrected chi connectivity index (χ2v) is 6.03. The molecule has 1 aliphatic heterocycles. The Bertz CT molecular complexity index is 724. The molecule has 0 bridgehead atoms. The highest BCUT2D eigenvalue weighted by Gasteiger charge is 2.16. The summed E-state index contributed by atoms with van der Waals surface area (Å²) in [5.74, 6) is 2.53. The van der Waals surface area contributed by atoms with Crippen molar-refractivity contribution in [1.82, 2.24) is 25.0 Å². The Morgan fingerprint density at radius 3 is 3.04 bits per heavy atom. The van der Waals surface area contributed by atoms with Crippen molar-refractivity contribution in [2.45, 2.75) is 38.9 Å². The summed E-state index contributed by atoms with van der Waals surface area (Å²) in [6.45, 7) is 2.14. The zero-order chi connectivity index (χ0) is 16.9. The Morgan fingerprint density at radius 1 is 1.38 bits per heavy atom. The lowest BCUT2D eigenvalue weighted by Crippen LogP contribution is -2.38. The molecule has 1 aromatic heterocycles. The minimum atomic E-state index is -0.223. The molecule has 0 saturated heterocycles. The molecule has 0 spiro atoms. The molecule has 7 heteroatoms. The highest BCUT2D eigenvalue weighted by atomic mass is 19.1. The van der Waals surface area contributed by atoms with Crippen molar-refractivity contribution in [1.29, 1.82) is 0 Å². The van der Waals surface area contributed by atoms with Gasteiger partial charge in [-0.25, -0.2) is 4.39 Å². The van der Waals surface area contributed by atoms with Crippen molar-refractivity contribution in [3.8, 4) is 0 Å². The average Bonchev–Trinajstić information content (AvgIpc) is 2.99. The van der Waals surface area contributed by atoms with E-state index in [1.54, 1.807) is 19.2 Å². The van der Waals surface area contributed by atoms with Crippen LogP contribution >= 0.6 is 0 Å². The van der Waals surface area contributed by atoms with Gasteiger partial charge in [-0.2, -0.15) is 0 Å². The number of rotatable bonds is 4. The monoisotopic (exact) mass is 330 g/mol. The number of guanidine groups is 1. The molecule has 0 atom stereocenters. The molecule has 24 heavy (non-hydrogen) atoms. The van der Waals surface area contributed by atoms with E-state index in [1.165, 1.54) is 18.9 Å². The quantitative estimate of drug-likeness (QED) is 0.688. The molecule has 2 heterocycles. The van der Waals surface area contributed by atoms with Crippen molar-refractivity contribution >= 4 is 5.96 Å². The van der Waals surface area contributed by atoms with Crippen LogP contribution in [0.5, 0.6) is 0 Å². The second kappa shape index (κ2) is 7.42. The highest BCUT2D eigenvalue weighted by Crippen LogP contribution is 2.14. The predicted octanol–water partition coefficient (Wildman–Crippen LogP) is 1.96. The molecule has 0 aliphatic carbocycles. The molecular formula is C17H23FN6. The molecule has 6 nitrogen and oxygen atoms in total. The van der Waals surface area contributed by atoms with E-state index >= 15 is 0 Å². The van der Waals surface area contributed by atoms with Gasteiger partial charge in [0.1, 0.15) is 11.6 Å². The van der Waals surface area contributed by atoms with Gasteiger partial charge >= 0.3 is 0 Å². The molecule has 128 valence electrons. The Morgan fingerprint density at radius 2 is 2.25 bits per heavy atom. The fourth-order valence-electron chi connectivity index (χ4n) is 3.03. The molecule has 1 N–H and O–H groups in total. The Labute approximate surface area is 141 Å². The van der Waals surface area contributed by atoms with Crippen LogP contribution in [-0.2, 0) is 26.1 Å². The fraction of sp³-hybridized carbons (Fsp3) is 0.471. The van der Waals surface area contributed by atoms with Crippen LogP contribution in [0.2, 0.25) is 0 Å². The van der Waals surface area contributed by atoms with Crippen LogP contribution < -0.4 is 5.32 Å². The van der Waals surface area contributed by atoms with Crippen molar-refractivity contribution in [3.63, 3.8) is 0 Å². The standard InChI is InChI=1S/C17H23FN6/c1-19-17(23(2)12-13-6-5-7-14(18)10-13)20-11-16-22-21-15-8-3-4-9-24(15)16/h5-7,10H,3-4,8-9,11-12H2,1-2H3,(H,19,20). The number of aromatic nitrogens is 3. The van der Waals surface area contributed by atoms with Crippen LogP contribution in [0.25, 0.3) is 0 Å². The third-order valence-corrected chi connectivity index (χ3v) is 4.22. The van der Waals surface area contributed by atoms with Gasteiger partial charge in [-0.05, 0) is 30.5 Å². The first-order valence-electron chi connectivity index (χ1n) is 8.24. The number of aryl methyl sites for hydroxylation is 1. The Balaban J connectivity index is 1.61. The van der Waals surface area contributed by atoms with Gasteiger partial charge in [0.25, 0.3) is 0 Å². The summed E-state index contributed by atoms with van der Waals surface area (Å²) in [6.07, 6.45) is 3.36. The van der Waals surface area contributed by atoms with E-state index in [9.17, 15) is 4.39 Å². The van der Waals surface area contributed by atoms with Crippen LogP contribution in [0.4, 0.5) is 4.39 Å². The summed E-state index contributed by atoms with van der Waals surface area (Å²) >= 11 is 0. The number of hydrogen-bond acceptors (Lipinski definition) is 3. The predicted molar refractivity (Wildman–Crippen MR) is 91.0 cm³/mol. The van der Waals surface area contributed by atoms with Crippen LogP contribution in [0.3, 0.4) is 0 Å². The van der Waals surface area contributed by atoms with E-state index in [0.29, 0.717) is 13.1 Å². The van der Waals surface area contributed by atoms with E-state index in [1.807, 2.05) is 18.0 Å². The van der Waals surface area contributed by atoms with Crippen molar-refractivity contribution < 1.29 is 4.39 Å². The van der Waals surface area contributed by atoms with Crippen LogP contribution in [0.15, 0.2) is 29.3 Å². The maximum absolute atomic E-state index is 13.3. The van der Waals surface area contributed by atoms with E-state index in [4.69, 9.17) is 0 Å². The molecular weight excluding hydrogens is 307 g/mol. The molecule has 0 fully saturated rings. The lowest BCUT2D eigenvalue weighted by Gasteiger charge is -2.22. The molecule has 1 aliphatic rings. The number of nitrogens with zero attached hydrogens (tertiary/aromatic N) is 5. The Hall–Kier alpha value is -2.44. The van der Waals surface area contributed by atoms with Crippen molar-refractivity contribution in [2.75, 3.05) is 14.1 Å². The maximum Gasteiger partial charge on any atom is 0.194 e. The fourth-order valence-corrected chi connectivity index (χ4v) is 3.03. The van der Waals surface area contributed by atoms with Crippen molar-refractivity contribution in [3.05, 3.63) is 47.3 Å². The zero-order valence-corrected chi connectivity index (χ0v) is 14.2. The normalized spacial score (nSPS) is 14.4. The number of nitrogens with one attached hydrogen (secondary N) is 1. The van der Waals surface area contributed by atoms with Crippen LogP contribution in [0.1, 0.15) is 30.1 Å². The maximum atomic E-state index is 13.3. The number of benzene rings is 1. The molecule has 3 rings (SSSR count). The topological polar surface area (TPSA) is 58.3 Å². The molecule has 1 aromatic carbocycles. The van der Waals surface area contributed by atoms with E-state index < -0.39 is 0 Å². The van der Waals surface area contributed by atoms with Crippen LogP contribution in [-0.4, -0.2) is 39.7 Å². The highest BCUT2D eigenvalue weighted by molar-refractivity contribution is 5.79. The van der Waals surface area contributed by atoms with E-state index in [0.717, 1.165) is 36.1 Å². The largest absolute Gasteiger partial charge is 0.349 e. The van der Waals surface area contributed by atoms with Gasteiger partial charge in [0.15, 0.2) is 11.8 Å². The minimum Gasteiger partial charge on any atom is -0.349 e. The number of aliphatic imine (C=N–C) groups is 1. The van der Waals surface area contributed by atoms with Crippen molar-refractivity contribution in [2.24, 2.45) is 4.99 Å². The third-order valence-electron chi connectivity index (χ3n) is 4.22. The summed E-state index contributed by atoms with van der Waals surface area (Å²) in [5.41, 5.74) is 0.903. The van der Waals surface area contributed by atoms with Gasteiger partial charge in [-0.1, -0.05) is 12.1 Å². The summed E-state index contributed by atoms with van der Waals surface area (Å²) in [6, 6.07) is 6.61. The van der Waals surface area contributed by atoms with Gasteiger partial charge in [0, 0.05) is 33.6 Å². The lowest BCUT2D eigenvalue weighted by atomic mass is 10.2. The summed E-state index contributed by atoms with van der Waals surface area (Å²) in [4.78, 5) is 6.26. The first-order valence-corrected chi connectivity index (χ1v) is 8.24. The minimum absolute atomic E-state index is 0.223. The van der Waals surface area contributed by atoms with Crippen LogP contribution in [0, 0.1) is 5.82 Å². The first kappa shape index (κ1) is 16.4. The van der Waals surface area contributed by atoms with Gasteiger partial charge in [0.05, 0.1) is 6.54 Å². The molecule has 2 aromatic rings. The molecule has 0 amide bonds. The van der Waals surface area contributed by atoms with Gasteiger partial charge in [-0.15, -0.1) is 10.2 Å².